The summed E-state index contributed by atoms with van der Waals surface area (Å²) in [5, 5.41) is 13.6. The van der Waals surface area contributed by atoms with Crippen molar-refractivity contribution in [2.24, 2.45) is 0 Å². The monoisotopic (exact) mass is 409 g/mol. The molecule has 2 aromatic carbocycles. The Kier molecular flexibility index (Phi) is 7.92. The fourth-order valence-electron chi connectivity index (χ4n) is 2.86. The summed E-state index contributed by atoms with van der Waals surface area (Å²) in [6, 6.07) is 12.5. The molecule has 0 amide bonds. The van der Waals surface area contributed by atoms with Crippen LogP contribution in [0.1, 0.15) is 22.0 Å². The normalized spacial score (nSPS) is 15.9. The number of ether oxygens (including phenoxy) is 4. The molecule has 0 saturated heterocycles. The van der Waals surface area contributed by atoms with Gasteiger partial charge < -0.3 is 29.4 Å². The van der Waals surface area contributed by atoms with Crippen molar-refractivity contribution in [1.29, 1.82) is 0 Å². The highest BCUT2D eigenvalue weighted by Gasteiger charge is 2.21. The average molecular weight is 410 g/mol. The Morgan fingerprint density at radius 3 is 2.71 bits per heavy atom. The van der Waals surface area contributed by atoms with Crippen LogP contribution in [-0.2, 0) is 4.74 Å². The molecule has 0 fully saturated rings. The Bertz CT molecular complexity index is 800. The highest BCUT2D eigenvalue weighted by atomic mass is 35.5. The molecule has 0 bridgehead atoms. The molecular weight excluding hydrogens is 386 g/mol. The van der Waals surface area contributed by atoms with Crippen LogP contribution in [0.25, 0.3) is 0 Å². The standard InChI is InChI=1S/C20H23NO6.ClH/c1-24-17-8-7-13(9-15(17)20(23)25-2)16(22)11-21-10-14-12-26-18-5-3-4-6-19(18)27-14;/h3-9,14,16,21-22H,10-12H2,1-2H3;1H. The Balaban J connectivity index is 0.00000280. The van der Waals surface area contributed by atoms with Gasteiger partial charge in [0.05, 0.1) is 20.3 Å². The van der Waals surface area contributed by atoms with E-state index in [2.05, 4.69) is 5.32 Å². The fourth-order valence-corrected chi connectivity index (χ4v) is 2.86. The molecule has 0 aliphatic carbocycles. The second-order valence-corrected chi connectivity index (χ2v) is 6.12. The van der Waals surface area contributed by atoms with Crippen LogP contribution >= 0.6 is 12.4 Å². The maximum Gasteiger partial charge on any atom is 0.341 e. The summed E-state index contributed by atoms with van der Waals surface area (Å²) < 4.78 is 21.5. The van der Waals surface area contributed by atoms with Crippen molar-refractivity contribution in [2.45, 2.75) is 12.2 Å². The van der Waals surface area contributed by atoms with E-state index in [1.165, 1.54) is 14.2 Å². The van der Waals surface area contributed by atoms with Gasteiger partial charge in [0.2, 0.25) is 0 Å². The number of hydrogen-bond acceptors (Lipinski definition) is 7. The molecule has 2 N–H and O–H groups in total. The number of carbonyl (C=O) groups excluding carboxylic acids is 1. The first-order chi connectivity index (χ1) is 13.1. The van der Waals surface area contributed by atoms with Crippen LogP contribution in [0.2, 0.25) is 0 Å². The van der Waals surface area contributed by atoms with Crippen molar-refractivity contribution >= 4 is 18.4 Å². The van der Waals surface area contributed by atoms with Crippen molar-refractivity contribution in [3.63, 3.8) is 0 Å². The smallest absolute Gasteiger partial charge is 0.341 e. The first kappa shape index (κ1) is 21.8. The van der Waals surface area contributed by atoms with E-state index >= 15 is 0 Å². The minimum absolute atomic E-state index is 0. The highest BCUT2D eigenvalue weighted by Crippen LogP contribution is 2.30. The van der Waals surface area contributed by atoms with Crippen LogP contribution in [-0.4, -0.2) is 51.1 Å². The van der Waals surface area contributed by atoms with E-state index in [9.17, 15) is 9.90 Å². The van der Waals surface area contributed by atoms with Crippen LogP contribution in [0.4, 0.5) is 0 Å². The van der Waals surface area contributed by atoms with E-state index < -0.39 is 12.1 Å². The number of hydrogen-bond donors (Lipinski definition) is 2. The number of halogens is 1. The number of aliphatic hydroxyl groups is 1. The summed E-state index contributed by atoms with van der Waals surface area (Å²) in [6.45, 7) is 1.26. The Morgan fingerprint density at radius 2 is 2.00 bits per heavy atom. The van der Waals surface area contributed by atoms with Crippen molar-refractivity contribution in [2.75, 3.05) is 33.9 Å². The predicted molar refractivity (Wildman–Crippen MR) is 106 cm³/mol. The average Bonchev–Trinajstić information content (AvgIpc) is 2.72. The summed E-state index contributed by atoms with van der Waals surface area (Å²) >= 11 is 0. The van der Waals surface area contributed by atoms with Gasteiger partial charge in [-0.2, -0.15) is 0 Å². The van der Waals surface area contributed by atoms with E-state index in [-0.39, 0.29) is 24.1 Å². The van der Waals surface area contributed by atoms with Crippen LogP contribution in [0.15, 0.2) is 42.5 Å². The molecule has 0 saturated carbocycles. The molecule has 1 aliphatic heterocycles. The zero-order valence-corrected chi connectivity index (χ0v) is 16.5. The number of nitrogens with one attached hydrogen (secondary N) is 1. The number of carbonyl (C=O) groups is 1. The zero-order valence-electron chi connectivity index (χ0n) is 15.7. The Labute approximate surface area is 170 Å². The molecule has 3 rings (SSSR count). The van der Waals surface area contributed by atoms with Gasteiger partial charge >= 0.3 is 5.97 Å². The summed E-state index contributed by atoms with van der Waals surface area (Å²) in [7, 11) is 2.78. The number of rotatable bonds is 7. The Morgan fingerprint density at radius 1 is 1.25 bits per heavy atom. The predicted octanol–water partition coefficient (Wildman–Crippen LogP) is 2.37. The van der Waals surface area contributed by atoms with E-state index in [1.54, 1.807) is 18.2 Å². The van der Waals surface area contributed by atoms with Crippen molar-refractivity contribution < 1.29 is 28.8 Å². The fraction of sp³-hybridized carbons (Fsp3) is 0.350. The molecule has 1 aliphatic rings. The van der Waals surface area contributed by atoms with Crippen molar-refractivity contribution in [1.82, 2.24) is 5.32 Å². The molecular formula is C20H24ClNO6. The molecule has 7 nitrogen and oxygen atoms in total. The van der Waals surface area contributed by atoms with Gasteiger partial charge in [-0.1, -0.05) is 18.2 Å². The number of benzene rings is 2. The van der Waals surface area contributed by atoms with Gasteiger partial charge in [0.15, 0.2) is 11.5 Å². The van der Waals surface area contributed by atoms with Crippen LogP contribution < -0.4 is 19.5 Å². The SMILES string of the molecule is COC(=O)c1cc(C(O)CNCC2COc3ccccc3O2)ccc1OC.Cl. The maximum absolute atomic E-state index is 11.9. The summed E-state index contributed by atoms with van der Waals surface area (Å²) in [5.74, 6) is 1.34. The van der Waals surface area contributed by atoms with E-state index in [1.807, 2.05) is 24.3 Å². The number of esters is 1. The summed E-state index contributed by atoms with van der Waals surface area (Å²) in [5.41, 5.74) is 0.868. The maximum atomic E-state index is 11.9. The number of para-hydroxylation sites is 2. The van der Waals surface area contributed by atoms with Crippen molar-refractivity contribution in [3.05, 3.63) is 53.6 Å². The van der Waals surface area contributed by atoms with E-state index in [0.29, 0.717) is 36.8 Å². The molecule has 2 unspecified atom stereocenters. The lowest BCUT2D eigenvalue weighted by atomic mass is 10.0. The second kappa shape index (κ2) is 10.2. The minimum atomic E-state index is -0.795. The van der Waals surface area contributed by atoms with Gasteiger partial charge in [0, 0.05) is 13.1 Å². The van der Waals surface area contributed by atoms with Crippen molar-refractivity contribution in [3.8, 4) is 17.2 Å². The molecule has 0 spiro atoms. The number of methoxy groups -OCH3 is 2. The lowest BCUT2D eigenvalue weighted by Crippen LogP contribution is -2.39. The van der Waals surface area contributed by atoms with Gasteiger partial charge in [-0.25, -0.2) is 4.79 Å². The highest BCUT2D eigenvalue weighted by molar-refractivity contribution is 5.92. The molecule has 8 heteroatoms. The first-order valence-corrected chi connectivity index (χ1v) is 8.66. The third-order valence-corrected chi connectivity index (χ3v) is 4.29. The van der Waals surface area contributed by atoms with Gasteiger partial charge in [0.1, 0.15) is 24.0 Å². The third-order valence-electron chi connectivity index (χ3n) is 4.29. The molecule has 28 heavy (non-hydrogen) atoms. The van der Waals surface area contributed by atoms with Gasteiger partial charge in [-0.05, 0) is 29.8 Å². The molecule has 2 atom stereocenters. The molecule has 2 aromatic rings. The molecule has 152 valence electrons. The first-order valence-electron chi connectivity index (χ1n) is 8.66. The molecule has 0 aromatic heterocycles. The van der Waals surface area contributed by atoms with Crippen LogP contribution in [0.5, 0.6) is 17.2 Å². The minimum Gasteiger partial charge on any atom is -0.496 e. The van der Waals surface area contributed by atoms with Crippen LogP contribution in [0, 0.1) is 0 Å². The van der Waals surface area contributed by atoms with Gasteiger partial charge in [-0.3, -0.25) is 0 Å². The largest absolute Gasteiger partial charge is 0.496 e. The third kappa shape index (κ3) is 5.07. The summed E-state index contributed by atoms with van der Waals surface area (Å²) in [6.07, 6.45) is -0.940. The topological polar surface area (TPSA) is 86.3 Å². The Hall–Kier alpha value is -2.48. The number of aliphatic hydroxyl groups excluding tert-OH is 1. The lowest BCUT2D eigenvalue weighted by molar-refractivity contribution is 0.0596. The van der Waals surface area contributed by atoms with Gasteiger partial charge in [0.25, 0.3) is 0 Å². The van der Waals surface area contributed by atoms with Crippen LogP contribution in [0.3, 0.4) is 0 Å². The lowest BCUT2D eigenvalue weighted by Gasteiger charge is -2.27. The second-order valence-electron chi connectivity index (χ2n) is 6.12. The molecule has 1 heterocycles. The van der Waals surface area contributed by atoms with E-state index in [0.717, 1.165) is 5.75 Å². The quantitative estimate of drug-likeness (QED) is 0.679. The number of fused-ring (bicyclic) bond motifs is 1. The van der Waals surface area contributed by atoms with Gasteiger partial charge in [-0.15, -0.1) is 12.4 Å². The molecule has 0 radical (unpaired) electrons. The zero-order chi connectivity index (χ0) is 19.2. The summed E-state index contributed by atoms with van der Waals surface area (Å²) in [4.78, 5) is 11.9. The van der Waals surface area contributed by atoms with E-state index in [4.69, 9.17) is 18.9 Å².